The largest absolute Gasteiger partial charge is 0.399 e. The molecule has 1 fully saturated rings. The van der Waals surface area contributed by atoms with Crippen LogP contribution in [0, 0.1) is 0 Å². The highest BCUT2D eigenvalue weighted by atomic mass is 32.2. The van der Waals surface area contributed by atoms with Gasteiger partial charge in [0.05, 0.1) is 5.75 Å². The van der Waals surface area contributed by atoms with Gasteiger partial charge in [-0.15, -0.1) is 0 Å². The van der Waals surface area contributed by atoms with Gasteiger partial charge in [0, 0.05) is 18.3 Å². The number of benzene rings is 1. The van der Waals surface area contributed by atoms with Crippen LogP contribution >= 0.6 is 0 Å². The molecule has 1 aliphatic carbocycles. The lowest BCUT2D eigenvalue weighted by Gasteiger charge is -2.32. The fourth-order valence-electron chi connectivity index (χ4n) is 3.03. The molecule has 0 heterocycles. The zero-order valence-electron chi connectivity index (χ0n) is 12.1. The van der Waals surface area contributed by atoms with E-state index in [4.69, 9.17) is 5.73 Å². The first-order valence-corrected chi connectivity index (χ1v) is 8.98. The lowest BCUT2D eigenvalue weighted by Crippen LogP contribution is -2.41. The van der Waals surface area contributed by atoms with Crippen molar-refractivity contribution in [3.8, 4) is 0 Å². The van der Waals surface area contributed by atoms with E-state index in [0.29, 0.717) is 12.2 Å². The van der Waals surface area contributed by atoms with Gasteiger partial charge >= 0.3 is 0 Å². The van der Waals surface area contributed by atoms with Crippen LogP contribution in [0.1, 0.15) is 44.6 Å². The van der Waals surface area contributed by atoms with Crippen LogP contribution in [-0.2, 0) is 15.8 Å². The molecule has 0 saturated heterocycles. The maximum Gasteiger partial charge on any atom is 0.218 e. The van der Waals surface area contributed by atoms with E-state index in [0.717, 1.165) is 31.2 Å². The fraction of sp³-hybridized carbons (Fsp3) is 0.600. The summed E-state index contributed by atoms with van der Waals surface area (Å²) in [7, 11) is -3.26. The lowest BCUT2D eigenvalue weighted by molar-refractivity contribution is 0.261. The summed E-state index contributed by atoms with van der Waals surface area (Å²) in [6.45, 7) is 2.47. The standard InChI is InChI=1S/C15H24N2O2S/c1-2-17(15-9-4-3-5-10-15)20(18,19)12-13-7-6-8-14(16)11-13/h6-8,11,15H,2-5,9-10,12,16H2,1H3. The van der Waals surface area contributed by atoms with Gasteiger partial charge in [0.25, 0.3) is 0 Å². The van der Waals surface area contributed by atoms with Crippen molar-refractivity contribution in [2.24, 2.45) is 0 Å². The minimum atomic E-state index is -3.26. The molecule has 1 aliphatic rings. The van der Waals surface area contributed by atoms with Gasteiger partial charge in [-0.1, -0.05) is 38.3 Å². The molecule has 1 saturated carbocycles. The Bertz CT molecular complexity index is 537. The SMILES string of the molecule is CCN(C1CCCCC1)S(=O)(=O)Cc1cccc(N)c1. The van der Waals surface area contributed by atoms with Gasteiger partial charge in [0.2, 0.25) is 10.0 Å². The Morgan fingerprint density at radius 1 is 1.25 bits per heavy atom. The number of nitrogen functional groups attached to an aromatic ring is 1. The van der Waals surface area contributed by atoms with Crippen LogP contribution in [0.25, 0.3) is 0 Å². The summed E-state index contributed by atoms with van der Waals surface area (Å²) >= 11 is 0. The van der Waals surface area contributed by atoms with Crippen molar-refractivity contribution in [3.63, 3.8) is 0 Å². The number of rotatable bonds is 5. The molecule has 2 N–H and O–H groups in total. The van der Waals surface area contributed by atoms with Gasteiger partial charge in [0.1, 0.15) is 0 Å². The molecule has 1 aromatic rings. The molecule has 2 rings (SSSR count). The molecule has 0 amide bonds. The molecule has 0 atom stereocenters. The van der Waals surface area contributed by atoms with Crippen molar-refractivity contribution < 1.29 is 8.42 Å². The quantitative estimate of drug-likeness (QED) is 0.850. The second-order valence-electron chi connectivity index (χ2n) is 5.50. The van der Waals surface area contributed by atoms with Crippen molar-refractivity contribution in [1.82, 2.24) is 4.31 Å². The maximum absolute atomic E-state index is 12.6. The van der Waals surface area contributed by atoms with E-state index in [1.54, 1.807) is 22.5 Å². The third kappa shape index (κ3) is 3.73. The van der Waals surface area contributed by atoms with Gasteiger partial charge in [-0.25, -0.2) is 8.42 Å². The van der Waals surface area contributed by atoms with Crippen LogP contribution in [0.4, 0.5) is 5.69 Å². The Morgan fingerprint density at radius 2 is 1.95 bits per heavy atom. The van der Waals surface area contributed by atoms with Crippen LogP contribution in [0.3, 0.4) is 0 Å². The Labute approximate surface area is 122 Å². The minimum Gasteiger partial charge on any atom is -0.399 e. The summed E-state index contributed by atoms with van der Waals surface area (Å²) in [6.07, 6.45) is 5.47. The predicted molar refractivity (Wildman–Crippen MR) is 82.7 cm³/mol. The third-order valence-corrected chi connectivity index (χ3v) is 5.92. The van der Waals surface area contributed by atoms with Crippen molar-refractivity contribution in [2.45, 2.75) is 50.8 Å². The molecule has 1 aromatic carbocycles. The molecule has 5 heteroatoms. The van der Waals surface area contributed by atoms with Crippen LogP contribution in [0.2, 0.25) is 0 Å². The molecule has 20 heavy (non-hydrogen) atoms. The highest BCUT2D eigenvalue weighted by Gasteiger charge is 2.29. The molecular weight excluding hydrogens is 272 g/mol. The van der Waals surface area contributed by atoms with Crippen LogP contribution in [-0.4, -0.2) is 25.3 Å². The molecule has 0 radical (unpaired) electrons. The van der Waals surface area contributed by atoms with Gasteiger partial charge in [-0.05, 0) is 30.5 Å². The summed E-state index contributed by atoms with van der Waals surface area (Å²) in [5.41, 5.74) is 7.09. The van der Waals surface area contributed by atoms with Gasteiger partial charge < -0.3 is 5.73 Å². The second-order valence-corrected chi connectivity index (χ2v) is 7.42. The number of hydrogen-bond donors (Lipinski definition) is 1. The molecule has 0 bridgehead atoms. The molecule has 0 spiro atoms. The van der Waals surface area contributed by atoms with E-state index >= 15 is 0 Å². The van der Waals surface area contributed by atoms with E-state index < -0.39 is 10.0 Å². The summed E-state index contributed by atoms with van der Waals surface area (Å²) in [5, 5.41) is 0. The Hall–Kier alpha value is -1.07. The van der Waals surface area contributed by atoms with E-state index in [1.807, 2.05) is 13.0 Å². The highest BCUT2D eigenvalue weighted by molar-refractivity contribution is 7.88. The normalized spacial score (nSPS) is 17.5. The highest BCUT2D eigenvalue weighted by Crippen LogP contribution is 2.26. The fourth-order valence-corrected chi connectivity index (χ4v) is 4.85. The Balaban J connectivity index is 2.14. The average Bonchev–Trinajstić information content (AvgIpc) is 2.39. The van der Waals surface area contributed by atoms with Crippen molar-refractivity contribution >= 4 is 15.7 Å². The molecule has 0 aromatic heterocycles. The summed E-state index contributed by atoms with van der Waals surface area (Å²) in [4.78, 5) is 0. The smallest absolute Gasteiger partial charge is 0.218 e. The summed E-state index contributed by atoms with van der Waals surface area (Å²) < 4.78 is 26.9. The predicted octanol–water partition coefficient (Wildman–Crippen LogP) is 2.75. The zero-order valence-corrected chi connectivity index (χ0v) is 12.9. The van der Waals surface area contributed by atoms with E-state index in [9.17, 15) is 8.42 Å². The maximum atomic E-state index is 12.6. The minimum absolute atomic E-state index is 0.0440. The second kappa shape index (κ2) is 6.59. The van der Waals surface area contributed by atoms with Crippen molar-refractivity contribution in [3.05, 3.63) is 29.8 Å². The van der Waals surface area contributed by atoms with Gasteiger partial charge in [-0.3, -0.25) is 0 Å². The molecule has 0 aliphatic heterocycles. The first-order valence-electron chi connectivity index (χ1n) is 7.37. The summed E-state index contributed by atoms with van der Waals surface area (Å²) in [6, 6.07) is 7.32. The van der Waals surface area contributed by atoms with Crippen molar-refractivity contribution in [2.75, 3.05) is 12.3 Å². The number of anilines is 1. The van der Waals surface area contributed by atoms with Crippen LogP contribution in [0.15, 0.2) is 24.3 Å². The number of hydrogen-bond acceptors (Lipinski definition) is 3. The van der Waals surface area contributed by atoms with Crippen LogP contribution < -0.4 is 5.73 Å². The number of sulfonamides is 1. The number of nitrogens with zero attached hydrogens (tertiary/aromatic N) is 1. The Morgan fingerprint density at radius 3 is 2.55 bits per heavy atom. The third-order valence-electron chi connectivity index (χ3n) is 3.95. The molecule has 112 valence electrons. The zero-order chi connectivity index (χ0) is 14.6. The van der Waals surface area contributed by atoms with Gasteiger partial charge in [-0.2, -0.15) is 4.31 Å². The lowest BCUT2D eigenvalue weighted by atomic mass is 9.95. The number of nitrogens with two attached hydrogens (primary N) is 1. The van der Waals surface area contributed by atoms with Crippen LogP contribution in [0.5, 0.6) is 0 Å². The van der Waals surface area contributed by atoms with E-state index in [1.165, 1.54) is 6.42 Å². The van der Waals surface area contributed by atoms with E-state index in [2.05, 4.69) is 0 Å². The first-order chi connectivity index (χ1) is 9.53. The summed E-state index contributed by atoms with van der Waals surface area (Å²) in [5.74, 6) is 0.0440. The topological polar surface area (TPSA) is 63.4 Å². The van der Waals surface area contributed by atoms with Crippen molar-refractivity contribution in [1.29, 1.82) is 0 Å². The Kier molecular flexibility index (Phi) is 5.05. The first kappa shape index (κ1) is 15.3. The molecular formula is C15H24N2O2S. The monoisotopic (exact) mass is 296 g/mol. The molecule has 0 unspecified atom stereocenters. The van der Waals surface area contributed by atoms with Gasteiger partial charge in [0.15, 0.2) is 0 Å². The van der Waals surface area contributed by atoms with E-state index in [-0.39, 0.29) is 11.8 Å². The molecule has 4 nitrogen and oxygen atoms in total. The average molecular weight is 296 g/mol.